The number of anilines is 1. The zero-order valence-electron chi connectivity index (χ0n) is 12.9. The number of carbonyl (C=O) groups excluding carboxylic acids is 1. The van der Waals surface area contributed by atoms with Gasteiger partial charge in [-0.05, 0) is 37.6 Å². The molecule has 0 spiro atoms. The van der Waals surface area contributed by atoms with E-state index in [0.717, 1.165) is 0 Å². The number of ether oxygens (including phenoxy) is 1. The number of carboxylic acid groups (broad SMARTS) is 1. The van der Waals surface area contributed by atoms with Crippen molar-refractivity contribution in [2.24, 2.45) is 0 Å². The predicted molar refractivity (Wildman–Crippen MR) is 84.7 cm³/mol. The summed E-state index contributed by atoms with van der Waals surface area (Å²) in [5.74, 6) is -0.426. The highest BCUT2D eigenvalue weighted by atomic mass is 16.5. The molecule has 23 heavy (non-hydrogen) atoms. The van der Waals surface area contributed by atoms with Crippen LogP contribution in [0.2, 0.25) is 0 Å². The molecule has 7 nitrogen and oxygen atoms in total. The maximum Gasteiger partial charge on any atom is 0.303 e. The van der Waals surface area contributed by atoms with Crippen molar-refractivity contribution in [1.82, 2.24) is 9.78 Å². The lowest BCUT2D eigenvalue weighted by Gasteiger charge is -2.07. The van der Waals surface area contributed by atoms with Crippen LogP contribution in [0.15, 0.2) is 36.7 Å². The van der Waals surface area contributed by atoms with E-state index in [2.05, 4.69) is 10.4 Å². The molecule has 0 atom stereocenters. The monoisotopic (exact) mass is 317 g/mol. The Hall–Kier alpha value is -2.83. The lowest BCUT2D eigenvalue weighted by Crippen LogP contribution is -2.11. The normalized spacial score (nSPS) is 10.3. The Bertz CT molecular complexity index is 664. The van der Waals surface area contributed by atoms with E-state index in [4.69, 9.17) is 9.84 Å². The van der Waals surface area contributed by atoms with E-state index in [-0.39, 0.29) is 12.3 Å². The fourth-order valence-corrected chi connectivity index (χ4v) is 1.90. The maximum absolute atomic E-state index is 12.1. The summed E-state index contributed by atoms with van der Waals surface area (Å²) < 4.78 is 7.11. The van der Waals surface area contributed by atoms with E-state index in [1.165, 1.54) is 6.20 Å². The molecule has 0 bridgehead atoms. The van der Waals surface area contributed by atoms with Gasteiger partial charge in [0.25, 0.3) is 5.91 Å². The lowest BCUT2D eigenvalue weighted by atomic mass is 10.2. The molecule has 0 saturated heterocycles. The van der Waals surface area contributed by atoms with Crippen molar-refractivity contribution in [2.75, 3.05) is 11.9 Å². The predicted octanol–water partition coefficient (Wildman–Crippen LogP) is 2.40. The average Bonchev–Trinajstić information content (AvgIpc) is 3.02. The molecule has 7 heteroatoms. The first-order valence-corrected chi connectivity index (χ1v) is 7.37. The highest BCUT2D eigenvalue weighted by Crippen LogP contribution is 2.16. The summed E-state index contributed by atoms with van der Waals surface area (Å²) in [6.07, 6.45) is 3.75. The van der Waals surface area contributed by atoms with E-state index >= 15 is 0 Å². The van der Waals surface area contributed by atoms with Gasteiger partial charge in [0.15, 0.2) is 0 Å². The highest BCUT2D eigenvalue weighted by Gasteiger charge is 2.08. The Morgan fingerprint density at radius 2 is 2.04 bits per heavy atom. The van der Waals surface area contributed by atoms with Crippen molar-refractivity contribution < 1.29 is 19.4 Å². The Balaban J connectivity index is 1.84. The third kappa shape index (κ3) is 5.14. The number of nitrogens with zero attached hydrogens (tertiary/aromatic N) is 2. The van der Waals surface area contributed by atoms with Crippen molar-refractivity contribution in [3.63, 3.8) is 0 Å². The Labute approximate surface area is 133 Å². The molecule has 1 heterocycles. The number of benzene rings is 1. The van der Waals surface area contributed by atoms with Crippen molar-refractivity contribution in [3.8, 4) is 5.75 Å². The van der Waals surface area contributed by atoms with Crippen LogP contribution in [-0.2, 0) is 11.3 Å². The Morgan fingerprint density at radius 1 is 1.30 bits per heavy atom. The lowest BCUT2D eigenvalue weighted by molar-refractivity contribution is -0.137. The Morgan fingerprint density at radius 3 is 2.65 bits per heavy atom. The first kappa shape index (κ1) is 16.5. The molecule has 0 fully saturated rings. The molecule has 0 aliphatic heterocycles. The molecular weight excluding hydrogens is 298 g/mol. The minimum atomic E-state index is -0.835. The van der Waals surface area contributed by atoms with Crippen LogP contribution < -0.4 is 10.1 Å². The van der Waals surface area contributed by atoms with E-state index in [0.29, 0.717) is 36.6 Å². The van der Waals surface area contributed by atoms with Crippen LogP contribution in [0, 0.1) is 0 Å². The quantitative estimate of drug-likeness (QED) is 0.729. The van der Waals surface area contributed by atoms with Crippen molar-refractivity contribution >= 4 is 17.6 Å². The van der Waals surface area contributed by atoms with Crippen LogP contribution in [0.25, 0.3) is 0 Å². The second kappa shape index (κ2) is 7.98. The summed E-state index contributed by atoms with van der Waals surface area (Å²) in [7, 11) is 0. The van der Waals surface area contributed by atoms with Gasteiger partial charge in [-0.1, -0.05) is 0 Å². The molecule has 0 unspecified atom stereocenters. The average molecular weight is 317 g/mol. The molecule has 2 N–H and O–H groups in total. The fourth-order valence-electron chi connectivity index (χ4n) is 1.90. The third-order valence-corrected chi connectivity index (χ3v) is 3.14. The van der Waals surface area contributed by atoms with Crippen LogP contribution in [0.4, 0.5) is 5.69 Å². The number of amides is 1. The number of hydrogen-bond acceptors (Lipinski definition) is 4. The largest absolute Gasteiger partial charge is 0.494 e. The van der Waals surface area contributed by atoms with Gasteiger partial charge in [-0.15, -0.1) is 0 Å². The molecule has 2 aromatic rings. The zero-order valence-corrected chi connectivity index (χ0v) is 12.9. The standard InChI is InChI=1S/C16H19N3O4/c1-2-19-11-12(10-17-19)16(22)18-13-5-7-14(8-6-13)23-9-3-4-15(20)21/h5-8,10-11H,2-4,9H2,1H3,(H,18,22)(H,20,21). The van der Waals surface area contributed by atoms with Crippen LogP contribution >= 0.6 is 0 Å². The van der Waals surface area contributed by atoms with Gasteiger partial charge in [0.2, 0.25) is 0 Å². The molecule has 0 radical (unpaired) electrons. The van der Waals surface area contributed by atoms with E-state index in [9.17, 15) is 9.59 Å². The topological polar surface area (TPSA) is 93.5 Å². The second-order valence-corrected chi connectivity index (χ2v) is 4.91. The van der Waals surface area contributed by atoms with Gasteiger partial charge in [-0.2, -0.15) is 5.10 Å². The van der Waals surface area contributed by atoms with Crippen LogP contribution in [0.5, 0.6) is 5.75 Å². The zero-order chi connectivity index (χ0) is 16.7. The van der Waals surface area contributed by atoms with Crippen molar-refractivity contribution in [2.45, 2.75) is 26.3 Å². The van der Waals surface area contributed by atoms with E-state index < -0.39 is 5.97 Å². The summed E-state index contributed by atoms with van der Waals surface area (Å²) in [6, 6.07) is 6.92. The van der Waals surface area contributed by atoms with Gasteiger partial charge < -0.3 is 15.2 Å². The number of carboxylic acids is 1. The number of hydrogen-bond donors (Lipinski definition) is 2. The molecular formula is C16H19N3O4. The summed E-state index contributed by atoms with van der Waals surface area (Å²) in [5.41, 5.74) is 1.15. The van der Waals surface area contributed by atoms with Gasteiger partial charge in [-0.25, -0.2) is 0 Å². The van der Waals surface area contributed by atoms with Gasteiger partial charge in [0, 0.05) is 24.8 Å². The smallest absolute Gasteiger partial charge is 0.303 e. The SMILES string of the molecule is CCn1cc(C(=O)Nc2ccc(OCCCC(=O)O)cc2)cn1. The summed E-state index contributed by atoms with van der Waals surface area (Å²) in [5, 5.41) is 15.4. The fraction of sp³-hybridized carbons (Fsp3) is 0.312. The first-order chi connectivity index (χ1) is 11.1. The number of carbonyl (C=O) groups is 2. The number of rotatable bonds is 8. The van der Waals surface area contributed by atoms with Gasteiger partial charge in [0.05, 0.1) is 18.4 Å². The van der Waals surface area contributed by atoms with Gasteiger partial charge >= 0.3 is 5.97 Å². The van der Waals surface area contributed by atoms with Crippen LogP contribution in [-0.4, -0.2) is 33.4 Å². The molecule has 1 amide bonds. The third-order valence-electron chi connectivity index (χ3n) is 3.14. The molecule has 1 aromatic heterocycles. The van der Waals surface area contributed by atoms with Crippen molar-refractivity contribution in [3.05, 3.63) is 42.2 Å². The van der Waals surface area contributed by atoms with Crippen LogP contribution in [0.1, 0.15) is 30.1 Å². The second-order valence-electron chi connectivity index (χ2n) is 4.91. The molecule has 0 aliphatic rings. The molecule has 1 aromatic carbocycles. The number of aliphatic carboxylic acids is 1. The summed E-state index contributed by atoms with van der Waals surface area (Å²) >= 11 is 0. The molecule has 0 saturated carbocycles. The minimum absolute atomic E-state index is 0.0829. The van der Waals surface area contributed by atoms with Crippen molar-refractivity contribution in [1.29, 1.82) is 0 Å². The van der Waals surface area contributed by atoms with E-state index in [1.807, 2.05) is 6.92 Å². The molecule has 2 rings (SSSR count). The Kier molecular flexibility index (Phi) is 5.74. The first-order valence-electron chi connectivity index (χ1n) is 7.37. The maximum atomic E-state index is 12.1. The van der Waals surface area contributed by atoms with Gasteiger partial charge in [0.1, 0.15) is 5.75 Å². The van der Waals surface area contributed by atoms with Crippen LogP contribution in [0.3, 0.4) is 0 Å². The highest BCUT2D eigenvalue weighted by molar-refractivity contribution is 6.03. The summed E-state index contributed by atoms with van der Waals surface area (Å²) in [4.78, 5) is 22.4. The number of nitrogens with one attached hydrogen (secondary N) is 1. The van der Waals surface area contributed by atoms with E-state index in [1.54, 1.807) is 35.1 Å². The number of aryl methyl sites for hydroxylation is 1. The molecule has 122 valence electrons. The van der Waals surface area contributed by atoms with Gasteiger partial charge in [-0.3, -0.25) is 14.3 Å². The molecule has 0 aliphatic carbocycles. The minimum Gasteiger partial charge on any atom is -0.494 e. The summed E-state index contributed by atoms with van der Waals surface area (Å²) in [6.45, 7) is 3.00. The number of aromatic nitrogens is 2.